The van der Waals surface area contributed by atoms with Crippen molar-refractivity contribution in [2.45, 2.75) is 24.3 Å². The van der Waals surface area contributed by atoms with Crippen molar-refractivity contribution in [1.29, 1.82) is 0 Å². The summed E-state index contributed by atoms with van der Waals surface area (Å²) in [6, 6.07) is 14.0. The lowest BCUT2D eigenvalue weighted by molar-refractivity contribution is -0.115. The summed E-state index contributed by atoms with van der Waals surface area (Å²) in [5.74, 6) is 0.971. The third-order valence-electron chi connectivity index (χ3n) is 4.79. The number of methoxy groups -OCH3 is 1. The van der Waals surface area contributed by atoms with Gasteiger partial charge in [-0.1, -0.05) is 12.1 Å². The van der Waals surface area contributed by atoms with Crippen LogP contribution in [0.2, 0.25) is 0 Å². The van der Waals surface area contributed by atoms with Crippen molar-refractivity contribution in [3.05, 3.63) is 71.2 Å². The second kappa shape index (κ2) is 7.31. The van der Waals surface area contributed by atoms with Gasteiger partial charge in [0, 0.05) is 5.56 Å². The van der Waals surface area contributed by atoms with Gasteiger partial charge in [0.05, 0.1) is 29.0 Å². The number of nitrogens with zero attached hydrogens (tertiary/aromatic N) is 2. The Hall–Kier alpha value is -2.80. The molecule has 2 unspecified atom stereocenters. The molecular weight excluding hydrogens is 377 g/mol. The van der Waals surface area contributed by atoms with E-state index in [1.165, 1.54) is 23.9 Å². The van der Waals surface area contributed by atoms with Crippen LogP contribution >= 0.6 is 11.8 Å². The largest absolute Gasteiger partial charge is 0.497 e. The van der Waals surface area contributed by atoms with Gasteiger partial charge in [0.2, 0.25) is 5.91 Å². The van der Waals surface area contributed by atoms with Gasteiger partial charge >= 0.3 is 0 Å². The van der Waals surface area contributed by atoms with E-state index in [0.29, 0.717) is 5.82 Å². The second-order valence-corrected chi connectivity index (χ2v) is 8.11. The number of aryl methyl sites for hydroxylation is 1. The minimum Gasteiger partial charge on any atom is -0.497 e. The number of ether oxygens (including phenoxy) is 1. The number of carbonyl (C=O) groups is 1. The van der Waals surface area contributed by atoms with Crippen molar-refractivity contribution in [3.8, 4) is 11.4 Å². The zero-order valence-electron chi connectivity index (χ0n) is 15.8. The Morgan fingerprint density at radius 2 is 1.96 bits per heavy atom. The van der Waals surface area contributed by atoms with Crippen molar-refractivity contribution in [2.75, 3.05) is 12.4 Å². The molecule has 1 aromatic heterocycles. The molecule has 4 rings (SSSR count). The number of amides is 1. The van der Waals surface area contributed by atoms with E-state index in [0.717, 1.165) is 28.3 Å². The highest BCUT2D eigenvalue weighted by Crippen LogP contribution is 2.46. The van der Waals surface area contributed by atoms with E-state index in [-0.39, 0.29) is 22.2 Å². The molecule has 2 aromatic carbocycles. The number of thioether (sulfide) groups is 1. The molecule has 3 aromatic rings. The summed E-state index contributed by atoms with van der Waals surface area (Å²) in [5.41, 5.74) is 3.31. The Labute approximate surface area is 166 Å². The Balaban J connectivity index is 1.88. The lowest BCUT2D eigenvalue weighted by Crippen LogP contribution is -2.22. The van der Waals surface area contributed by atoms with Gasteiger partial charge < -0.3 is 10.1 Å². The lowest BCUT2D eigenvalue weighted by atomic mass is 10.0. The molecule has 0 spiro atoms. The van der Waals surface area contributed by atoms with E-state index in [4.69, 9.17) is 4.74 Å². The van der Waals surface area contributed by atoms with Crippen molar-refractivity contribution >= 4 is 23.5 Å². The molecule has 144 valence electrons. The smallest absolute Gasteiger partial charge is 0.238 e. The van der Waals surface area contributed by atoms with Crippen LogP contribution in [0.25, 0.3) is 5.69 Å². The number of fused-ring (bicyclic) bond motifs is 1. The number of benzene rings is 2. The monoisotopic (exact) mass is 397 g/mol. The van der Waals surface area contributed by atoms with Crippen molar-refractivity contribution in [3.63, 3.8) is 0 Å². The summed E-state index contributed by atoms with van der Waals surface area (Å²) in [7, 11) is 1.61. The first-order valence-electron chi connectivity index (χ1n) is 8.93. The van der Waals surface area contributed by atoms with Crippen LogP contribution in [-0.2, 0) is 4.79 Å². The maximum absolute atomic E-state index is 13.9. The number of aromatic nitrogens is 2. The number of halogens is 1. The number of hydrogen-bond acceptors (Lipinski definition) is 4. The Morgan fingerprint density at radius 1 is 1.21 bits per heavy atom. The molecule has 1 aliphatic rings. The molecule has 0 fully saturated rings. The minimum absolute atomic E-state index is 0.0974. The fourth-order valence-corrected chi connectivity index (χ4v) is 4.66. The molecular formula is C21H20FN3O2S. The maximum atomic E-state index is 13.9. The Morgan fingerprint density at radius 3 is 2.64 bits per heavy atom. The summed E-state index contributed by atoms with van der Waals surface area (Å²) in [5, 5.41) is 7.20. The van der Waals surface area contributed by atoms with E-state index in [9.17, 15) is 9.18 Å². The van der Waals surface area contributed by atoms with E-state index in [1.54, 1.807) is 17.9 Å². The van der Waals surface area contributed by atoms with Crippen LogP contribution in [0.5, 0.6) is 5.75 Å². The second-order valence-electron chi connectivity index (χ2n) is 6.66. The molecule has 0 saturated heterocycles. The summed E-state index contributed by atoms with van der Waals surface area (Å²) in [6.07, 6.45) is 0. The lowest BCUT2D eigenvalue weighted by Gasteiger charge is -2.17. The first-order valence-corrected chi connectivity index (χ1v) is 9.88. The molecule has 1 aliphatic heterocycles. The van der Waals surface area contributed by atoms with E-state index in [2.05, 4.69) is 10.4 Å². The van der Waals surface area contributed by atoms with Crippen LogP contribution in [0.1, 0.15) is 29.0 Å². The average Bonchev–Trinajstić information content (AvgIpc) is 2.94. The average molecular weight is 397 g/mol. The van der Waals surface area contributed by atoms with Crippen LogP contribution in [0.4, 0.5) is 10.2 Å². The van der Waals surface area contributed by atoms with Gasteiger partial charge in [-0.3, -0.25) is 4.79 Å². The van der Waals surface area contributed by atoms with Crippen LogP contribution in [0, 0.1) is 12.7 Å². The molecule has 1 amide bonds. The SMILES string of the molecule is COc1ccc(-n2nc(C)c3c2NC(=O)C(C)SC3c2cccc(F)c2)cc1. The predicted molar refractivity (Wildman–Crippen MR) is 109 cm³/mol. The third kappa shape index (κ3) is 3.26. The van der Waals surface area contributed by atoms with Gasteiger partial charge in [-0.05, 0) is 55.8 Å². The molecule has 2 heterocycles. The molecule has 0 aliphatic carbocycles. The third-order valence-corrected chi connectivity index (χ3v) is 6.19. The molecule has 7 heteroatoms. The van der Waals surface area contributed by atoms with E-state index in [1.807, 2.05) is 44.2 Å². The Bertz CT molecular complexity index is 1030. The van der Waals surface area contributed by atoms with Crippen LogP contribution < -0.4 is 10.1 Å². The van der Waals surface area contributed by atoms with Crippen LogP contribution in [-0.4, -0.2) is 28.0 Å². The van der Waals surface area contributed by atoms with Crippen LogP contribution in [0.3, 0.4) is 0 Å². The Kier molecular flexibility index (Phi) is 4.85. The molecule has 28 heavy (non-hydrogen) atoms. The molecule has 5 nitrogen and oxygen atoms in total. The number of anilines is 1. The standard InChI is InChI=1S/C21H20FN3O2S/c1-12-18-19(14-5-4-6-15(22)11-14)28-13(2)21(26)23-20(18)25(24-12)16-7-9-17(27-3)10-8-16/h4-11,13,19H,1-3H3,(H,23,26). The van der Waals surface area contributed by atoms with Gasteiger partial charge in [-0.2, -0.15) is 5.10 Å². The van der Waals surface area contributed by atoms with Gasteiger partial charge in [0.15, 0.2) is 0 Å². The van der Waals surface area contributed by atoms with Gasteiger partial charge in [0.1, 0.15) is 17.4 Å². The quantitative estimate of drug-likeness (QED) is 0.707. The predicted octanol–water partition coefficient (Wildman–Crippen LogP) is 4.49. The van der Waals surface area contributed by atoms with E-state index >= 15 is 0 Å². The zero-order chi connectivity index (χ0) is 19.8. The first-order chi connectivity index (χ1) is 13.5. The van der Waals surface area contributed by atoms with Gasteiger partial charge in [-0.25, -0.2) is 9.07 Å². The highest BCUT2D eigenvalue weighted by molar-refractivity contribution is 8.01. The fourth-order valence-electron chi connectivity index (χ4n) is 3.35. The fraction of sp³-hybridized carbons (Fsp3) is 0.238. The normalized spacial score (nSPS) is 18.9. The summed E-state index contributed by atoms with van der Waals surface area (Å²) < 4.78 is 20.8. The minimum atomic E-state index is -0.295. The number of rotatable bonds is 3. The number of hydrogen-bond donors (Lipinski definition) is 1. The van der Waals surface area contributed by atoms with Gasteiger partial charge in [0.25, 0.3) is 0 Å². The topological polar surface area (TPSA) is 56.1 Å². The highest BCUT2D eigenvalue weighted by Gasteiger charge is 2.34. The molecule has 0 bridgehead atoms. The van der Waals surface area contributed by atoms with Crippen LogP contribution in [0.15, 0.2) is 48.5 Å². The summed E-state index contributed by atoms with van der Waals surface area (Å²) in [6.45, 7) is 3.77. The van der Waals surface area contributed by atoms with Crippen molar-refractivity contribution in [2.24, 2.45) is 0 Å². The molecule has 0 saturated carbocycles. The van der Waals surface area contributed by atoms with Gasteiger partial charge in [-0.15, -0.1) is 11.8 Å². The molecule has 1 N–H and O–H groups in total. The summed E-state index contributed by atoms with van der Waals surface area (Å²) >= 11 is 1.50. The maximum Gasteiger partial charge on any atom is 0.238 e. The summed E-state index contributed by atoms with van der Waals surface area (Å²) in [4.78, 5) is 12.6. The first kappa shape index (κ1) is 18.6. The zero-order valence-corrected chi connectivity index (χ0v) is 16.6. The molecule has 0 radical (unpaired) electrons. The number of nitrogens with one attached hydrogen (secondary N) is 1. The number of carbonyl (C=O) groups excluding carboxylic acids is 1. The highest BCUT2D eigenvalue weighted by atomic mass is 32.2. The molecule has 2 atom stereocenters. The van der Waals surface area contributed by atoms with Crippen molar-refractivity contribution < 1.29 is 13.9 Å². The van der Waals surface area contributed by atoms with Crippen molar-refractivity contribution in [1.82, 2.24) is 9.78 Å². The van der Waals surface area contributed by atoms with E-state index < -0.39 is 0 Å².